The van der Waals surface area contributed by atoms with Gasteiger partial charge in [0.05, 0.1) is 13.2 Å². The first kappa shape index (κ1) is 28.4. The van der Waals surface area contributed by atoms with Gasteiger partial charge < -0.3 is 9.47 Å². The number of nitrogens with zero attached hydrogens (tertiary/aromatic N) is 1. The number of carbonyl (C=O) groups is 1. The second-order valence-electron chi connectivity index (χ2n) is 9.78. The van der Waals surface area contributed by atoms with Crippen molar-refractivity contribution in [3.8, 4) is 17.2 Å². The van der Waals surface area contributed by atoms with E-state index in [0.717, 1.165) is 39.5 Å². The third-order valence-corrected chi connectivity index (χ3v) is 6.83. The number of hydrogen-bond donors (Lipinski definition) is 0. The molecule has 42 heavy (non-hydrogen) atoms. The number of benzene rings is 5. The molecule has 0 aromatic heterocycles. The number of methoxy groups -OCH3 is 1. The van der Waals surface area contributed by atoms with Crippen LogP contribution in [0.25, 0.3) is 12.2 Å². The summed E-state index contributed by atoms with van der Waals surface area (Å²) in [4.78, 5) is 19.8. The largest absolute Gasteiger partial charge is 0.497 e. The zero-order chi connectivity index (χ0) is 29.1. The van der Waals surface area contributed by atoms with Crippen molar-refractivity contribution in [2.45, 2.75) is 19.6 Å². The Balaban J connectivity index is 1.27. The van der Waals surface area contributed by atoms with Gasteiger partial charge in [0.1, 0.15) is 23.9 Å². The van der Waals surface area contributed by atoms with E-state index < -0.39 is 0 Å². The Bertz CT molecular complexity index is 1600. The normalized spacial score (nSPS) is 11.7. The molecule has 0 saturated heterocycles. The first-order chi connectivity index (χ1) is 20.6. The van der Waals surface area contributed by atoms with Crippen LogP contribution in [0.5, 0.6) is 17.2 Å². The van der Waals surface area contributed by atoms with Gasteiger partial charge in [0.25, 0.3) is 5.91 Å². The van der Waals surface area contributed by atoms with Crippen LogP contribution in [0.3, 0.4) is 0 Å². The quantitative estimate of drug-likeness (QED) is 0.121. The minimum atomic E-state index is -0.269. The molecule has 0 fully saturated rings. The van der Waals surface area contributed by atoms with E-state index in [1.165, 1.54) is 5.06 Å². The van der Waals surface area contributed by atoms with Gasteiger partial charge in [-0.15, -0.1) is 0 Å². The molecule has 0 aliphatic heterocycles. The molecular weight excluding hydrogens is 522 g/mol. The van der Waals surface area contributed by atoms with Gasteiger partial charge in [-0.25, -0.2) is 5.06 Å². The molecule has 1 unspecified atom stereocenters. The van der Waals surface area contributed by atoms with Gasteiger partial charge in [-0.1, -0.05) is 97.1 Å². The number of hydrogen-bond acceptors (Lipinski definition) is 4. The topological polar surface area (TPSA) is 48.0 Å². The van der Waals surface area contributed by atoms with Gasteiger partial charge >= 0.3 is 0 Å². The Morgan fingerprint density at radius 2 is 1.33 bits per heavy atom. The fraction of sp³-hybridized carbons (Fsp3) is 0.108. The highest BCUT2D eigenvalue weighted by atomic mass is 16.7. The van der Waals surface area contributed by atoms with Crippen LogP contribution >= 0.6 is 0 Å². The minimum Gasteiger partial charge on any atom is -0.497 e. The Labute approximate surface area is 247 Å². The SMILES string of the molecule is COc1ccc(Oc2cccc(C=Cc3ccc(C(=O)N(OCc4ccccc4)C(C)c4ccccc4)cc3)c2)cc1. The lowest BCUT2D eigenvalue weighted by molar-refractivity contribution is -0.156. The monoisotopic (exact) mass is 555 g/mol. The molecule has 210 valence electrons. The molecule has 0 aliphatic carbocycles. The molecule has 5 rings (SSSR count). The van der Waals surface area contributed by atoms with Crippen LogP contribution in [0.1, 0.15) is 45.6 Å². The van der Waals surface area contributed by atoms with Crippen molar-refractivity contribution >= 4 is 18.1 Å². The molecule has 5 nitrogen and oxygen atoms in total. The fourth-order valence-corrected chi connectivity index (χ4v) is 4.45. The fourth-order valence-electron chi connectivity index (χ4n) is 4.45. The lowest BCUT2D eigenvalue weighted by Crippen LogP contribution is -2.33. The van der Waals surface area contributed by atoms with Gasteiger partial charge in [0, 0.05) is 5.56 Å². The Hall–Kier alpha value is -5.13. The van der Waals surface area contributed by atoms with E-state index in [2.05, 4.69) is 0 Å². The number of rotatable bonds is 11. The van der Waals surface area contributed by atoms with Gasteiger partial charge in [-0.05, 0) is 77.7 Å². The molecule has 5 aromatic rings. The summed E-state index contributed by atoms with van der Waals surface area (Å²) in [6.45, 7) is 2.27. The average Bonchev–Trinajstić information content (AvgIpc) is 3.05. The zero-order valence-corrected chi connectivity index (χ0v) is 23.7. The highest BCUT2D eigenvalue weighted by Gasteiger charge is 2.24. The van der Waals surface area contributed by atoms with Crippen LogP contribution in [0.15, 0.2) is 133 Å². The first-order valence-corrected chi connectivity index (χ1v) is 13.8. The molecule has 0 N–H and O–H groups in total. The van der Waals surface area contributed by atoms with Crippen LogP contribution in [0.2, 0.25) is 0 Å². The van der Waals surface area contributed by atoms with Crippen LogP contribution in [-0.4, -0.2) is 18.1 Å². The number of amides is 1. The Morgan fingerprint density at radius 1 is 0.690 bits per heavy atom. The van der Waals surface area contributed by atoms with Crippen molar-refractivity contribution in [1.82, 2.24) is 5.06 Å². The summed E-state index contributed by atoms with van der Waals surface area (Å²) in [5.41, 5.74) is 4.52. The molecule has 1 amide bonds. The van der Waals surface area contributed by atoms with E-state index in [4.69, 9.17) is 14.3 Å². The summed E-state index contributed by atoms with van der Waals surface area (Å²) in [5, 5.41) is 1.47. The van der Waals surface area contributed by atoms with E-state index in [-0.39, 0.29) is 11.9 Å². The lowest BCUT2D eigenvalue weighted by Gasteiger charge is -2.28. The molecule has 0 bridgehead atoms. The molecule has 0 heterocycles. The molecular formula is C37H33NO4. The zero-order valence-electron chi connectivity index (χ0n) is 23.7. The van der Waals surface area contributed by atoms with Crippen molar-refractivity contribution in [2.24, 2.45) is 0 Å². The summed E-state index contributed by atoms with van der Waals surface area (Å²) >= 11 is 0. The lowest BCUT2D eigenvalue weighted by atomic mass is 10.1. The summed E-state index contributed by atoms with van der Waals surface area (Å²) in [6, 6.07) is 42.4. The van der Waals surface area contributed by atoms with E-state index in [9.17, 15) is 4.79 Å². The summed E-state index contributed by atoms with van der Waals surface area (Å²) < 4.78 is 11.2. The van der Waals surface area contributed by atoms with Crippen LogP contribution in [0.4, 0.5) is 0 Å². The standard InChI is InChI=1S/C37H33NO4/c1-28(32-13-7-4-8-14-32)38(41-27-31-10-5-3-6-11-31)37(39)33-20-18-29(19-21-33)16-17-30-12-9-15-36(26-30)42-35-24-22-34(40-2)23-25-35/h3-26,28H,27H2,1-2H3. The van der Waals surface area contributed by atoms with Crippen molar-refractivity contribution < 1.29 is 19.1 Å². The van der Waals surface area contributed by atoms with Gasteiger partial charge in [-0.3, -0.25) is 9.63 Å². The van der Waals surface area contributed by atoms with Gasteiger partial charge in [0.15, 0.2) is 0 Å². The molecule has 0 aliphatic rings. The Morgan fingerprint density at radius 3 is 2.02 bits per heavy atom. The summed E-state index contributed by atoms with van der Waals surface area (Å²) in [6.07, 6.45) is 4.03. The first-order valence-electron chi connectivity index (χ1n) is 13.8. The van der Waals surface area contributed by atoms with E-state index in [1.54, 1.807) is 7.11 Å². The average molecular weight is 556 g/mol. The minimum absolute atomic E-state index is 0.193. The number of ether oxygens (including phenoxy) is 2. The predicted octanol–water partition coefficient (Wildman–Crippen LogP) is 8.99. The summed E-state index contributed by atoms with van der Waals surface area (Å²) in [7, 11) is 1.64. The van der Waals surface area contributed by atoms with Crippen LogP contribution < -0.4 is 9.47 Å². The molecule has 5 heteroatoms. The van der Waals surface area contributed by atoms with Crippen molar-refractivity contribution in [1.29, 1.82) is 0 Å². The maximum Gasteiger partial charge on any atom is 0.278 e. The van der Waals surface area contributed by atoms with E-state index >= 15 is 0 Å². The van der Waals surface area contributed by atoms with E-state index in [1.807, 2.05) is 153 Å². The highest BCUT2D eigenvalue weighted by Crippen LogP contribution is 2.26. The van der Waals surface area contributed by atoms with E-state index in [0.29, 0.717) is 12.2 Å². The van der Waals surface area contributed by atoms with Gasteiger partial charge in [0.2, 0.25) is 0 Å². The smallest absolute Gasteiger partial charge is 0.278 e. The molecule has 0 radical (unpaired) electrons. The molecule has 1 atom stereocenters. The highest BCUT2D eigenvalue weighted by molar-refractivity contribution is 5.94. The molecule has 0 spiro atoms. The third-order valence-electron chi connectivity index (χ3n) is 6.83. The van der Waals surface area contributed by atoms with Crippen molar-refractivity contribution in [3.05, 3.63) is 161 Å². The van der Waals surface area contributed by atoms with Gasteiger partial charge in [-0.2, -0.15) is 0 Å². The van der Waals surface area contributed by atoms with Crippen molar-refractivity contribution in [3.63, 3.8) is 0 Å². The van der Waals surface area contributed by atoms with Crippen LogP contribution in [-0.2, 0) is 11.4 Å². The number of hydroxylamine groups is 2. The Kier molecular flexibility index (Phi) is 9.45. The molecule has 0 saturated carbocycles. The van der Waals surface area contributed by atoms with Crippen LogP contribution in [0, 0.1) is 0 Å². The third kappa shape index (κ3) is 7.53. The van der Waals surface area contributed by atoms with Crippen molar-refractivity contribution in [2.75, 3.05) is 7.11 Å². The predicted molar refractivity (Wildman–Crippen MR) is 167 cm³/mol. The maximum atomic E-state index is 13.7. The second kappa shape index (κ2) is 14.0. The number of carbonyl (C=O) groups excluding carboxylic acids is 1. The second-order valence-corrected chi connectivity index (χ2v) is 9.78. The molecule has 5 aromatic carbocycles. The maximum absolute atomic E-state index is 13.7. The summed E-state index contributed by atoms with van der Waals surface area (Å²) in [5.74, 6) is 2.07.